The monoisotopic (exact) mass is 250 g/mol. The molecule has 84 valence electrons. The minimum Gasteiger partial charge on any atom is -0.211 e. The van der Waals surface area contributed by atoms with Crippen LogP contribution in [0.15, 0.2) is 9.98 Å². The van der Waals surface area contributed by atoms with E-state index in [0.29, 0.717) is 6.42 Å². The molecule has 2 atom stereocenters. The molecule has 0 N–H and O–H groups in total. The first-order valence-corrected chi connectivity index (χ1v) is 5.22. The van der Waals surface area contributed by atoms with Crippen LogP contribution in [0.4, 0.5) is 0 Å². The third kappa shape index (κ3) is 6.43. The van der Waals surface area contributed by atoms with Gasteiger partial charge < -0.3 is 0 Å². The summed E-state index contributed by atoms with van der Waals surface area (Å²) in [5.41, 5.74) is 0. The first-order valence-electron chi connectivity index (χ1n) is 4.46. The standard InChI is InChI=1S/C9H12Cl2N2O2/c1-3-7(12-5-14)8(13-6-15)4-9(2,10)11/h7-8H,3-4H2,1-2H3. The molecular weight excluding hydrogens is 239 g/mol. The van der Waals surface area contributed by atoms with Crippen LogP contribution in [0, 0.1) is 0 Å². The Balaban J connectivity index is 4.77. The lowest BCUT2D eigenvalue weighted by Gasteiger charge is -2.21. The fraction of sp³-hybridized carbons (Fsp3) is 0.778. The zero-order valence-corrected chi connectivity index (χ0v) is 10.0. The summed E-state index contributed by atoms with van der Waals surface area (Å²) in [6.07, 6.45) is 3.66. The summed E-state index contributed by atoms with van der Waals surface area (Å²) in [7, 11) is 0. The van der Waals surface area contributed by atoms with Crippen LogP contribution in [0.25, 0.3) is 0 Å². The maximum atomic E-state index is 10.2. The third-order valence-corrected chi connectivity index (χ3v) is 2.18. The molecule has 0 aliphatic carbocycles. The molecule has 0 bridgehead atoms. The van der Waals surface area contributed by atoms with Crippen molar-refractivity contribution < 1.29 is 9.59 Å². The van der Waals surface area contributed by atoms with Gasteiger partial charge in [0.2, 0.25) is 12.2 Å². The smallest absolute Gasteiger partial charge is 0.211 e. The number of aliphatic imine (C=N–C) groups is 2. The van der Waals surface area contributed by atoms with Crippen molar-refractivity contribution in [2.24, 2.45) is 9.98 Å². The summed E-state index contributed by atoms with van der Waals surface area (Å²) in [5, 5.41) is 0. The number of hydrogen-bond acceptors (Lipinski definition) is 4. The maximum Gasteiger partial charge on any atom is 0.235 e. The van der Waals surface area contributed by atoms with Gasteiger partial charge in [-0.15, -0.1) is 23.2 Å². The predicted octanol–water partition coefficient (Wildman–Crippen LogP) is 2.39. The quantitative estimate of drug-likeness (QED) is 0.413. The average Bonchev–Trinajstić information content (AvgIpc) is 2.11. The van der Waals surface area contributed by atoms with E-state index in [1.165, 1.54) is 12.2 Å². The molecule has 0 aromatic heterocycles. The number of carbonyl (C=O) groups excluding carboxylic acids is 2. The molecule has 0 saturated carbocycles. The maximum absolute atomic E-state index is 10.2. The Morgan fingerprint density at radius 1 is 1.20 bits per heavy atom. The van der Waals surface area contributed by atoms with E-state index in [1.807, 2.05) is 6.92 Å². The summed E-state index contributed by atoms with van der Waals surface area (Å²) in [5.74, 6) is 0. The van der Waals surface area contributed by atoms with Gasteiger partial charge in [0.1, 0.15) is 4.33 Å². The van der Waals surface area contributed by atoms with E-state index in [2.05, 4.69) is 9.98 Å². The topological polar surface area (TPSA) is 58.9 Å². The number of halogens is 2. The van der Waals surface area contributed by atoms with Gasteiger partial charge in [-0.1, -0.05) is 6.92 Å². The Hall–Kier alpha value is -0.660. The molecule has 0 saturated heterocycles. The van der Waals surface area contributed by atoms with Crippen LogP contribution in [0.5, 0.6) is 0 Å². The molecule has 0 fully saturated rings. The molecule has 15 heavy (non-hydrogen) atoms. The van der Waals surface area contributed by atoms with E-state index >= 15 is 0 Å². The Morgan fingerprint density at radius 2 is 1.67 bits per heavy atom. The largest absolute Gasteiger partial charge is 0.235 e. The molecule has 0 aliphatic rings. The summed E-state index contributed by atoms with van der Waals surface area (Å²) in [6.45, 7) is 3.40. The van der Waals surface area contributed by atoms with Crippen molar-refractivity contribution in [3.8, 4) is 0 Å². The molecule has 0 aromatic rings. The van der Waals surface area contributed by atoms with Gasteiger partial charge in [0.05, 0.1) is 12.1 Å². The Bertz CT molecular complexity index is 289. The number of nitrogens with zero attached hydrogens (tertiary/aromatic N) is 2. The molecule has 6 heteroatoms. The van der Waals surface area contributed by atoms with Gasteiger partial charge in [-0.3, -0.25) is 0 Å². The molecule has 0 radical (unpaired) electrons. The lowest BCUT2D eigenvalue weighted by molar-refractivity contribution is 0.462. The van der Waals surface area contributed by atoms with Crippen LogP contribution in [-0.2, 0) is 9.59 Å². The lowest BCUT2D eigenvalue weighted by Crippen LogP contribution is -2.27. The van der Waals surface area contributed by atoms with Crippen LogP contribution in [0.1, 0.15) is 26.7 Å². The fourth-order valence-electron chi connectivity index (χ4n) is 1.22. The summed E-state index contributed by atoms with van der Waals surface area (Å²) < 4.78 is -1.02. The highest BCUT2D eigenvalue weighted by molar-refractivity contribution is 6.48. The van der Waals surface area contributed by atoms with E-state index < -0.39 is 16.4 Å². The predicted molar refractivity (Wildman–Crippen MR) is 58.8 cm³/mol. The Kier molecular flexibility index (Phi) is 6.46. The summed E-state index contributed by atoms with van der Waals surface area (Å²) in [6, 6.07) is -0.963. The molecule has 0 aliphatic heterocycles. The van der Waals surface area contributed by atoms with Gasteiger partial charge in [-0.2, -0.15) is 0 Å². The second-order valence-electron chi connectivity index (χ2n) is 3.26. The highest BCUT2D eigenvalue weighted by Gasteiger charge is 2.28. The zero-order valence-electron chi connectivity index (χ0n) is 8.54. The molecule has 0 heterocycles. The fourth-order valence-corrected chi connectivity index (χ4v) is 1.54. The van der Waals surface area contributed by atoms with Crippen molar-refractivity contribution in [1.29, 1.82) is 0 Å². The van der Waals surface area contributed by atoms with Gasteiger partial charge in [0.15, 0.2) is 0 Å². The van der Waals surface area contributed by atoms with Gasteiger partial charge in [-0.25, -0.2) is 19.6 Å². The van der Waals surface area contributed by atoms with Gasteiger partial charge in [0, 0.05) is 6.42 Å². The second-order valence-corrected chi connectivity index (χ2v) is 5.12. The van der Waals surface area contributed by atoms with Gasteiger partial charge >= 0.3 is 0 Å². The molecule has 2 unspecified atom stereocenters. The van der Waals surface area contributed by atoms with Crippen molar-refractivity contribution in [2.75, 3.05) is 0 Å². The van der Waals surface area contributed by atoms with Crippen molar-refractivity contribution in [2.45, 2.75) is 43.1 Å². The highest BCUT2D eigenvalue weighted by atomic mass is 35.5. The van der Waals surface area contributed by atoms with E-state index in [0.717, 1.165) is 0 Å². The minimum absolute atomic E-state index is 0.231. The molecule has 0 amide bonds. The number of alkyl halides is 2. The van der Waals surface area contributed by atoms with Crippen molar-refractivity contribution >= 4 is 35.4 Å². The Labute approximate surface area is 98.4 Å². The van der Waals surface area contributed by atoms with Crippen molar-refractivity contribution in [1.82, 2.24) is 0 Å². The van der Waals surface area contributed by atoms with E-state index in [-0.39, 0.29) is 6.42 Å². The summed E-state index contributed by atoms with van der Waals surface area (Å²) >= 11 is 11.6. The molecule has 4 nitrogen and oxygen atoms in total. The van der Waals surface area contributed by atoms with Crippen LogP contribution in [-0.4, -0.2) is 28.6 Å². The normalized spacial score (nSPS) is 14.7. The van der Waals surface area contributed by atoms with Crippen LogP contribution < -0.4 is 0 Å². The number of isocyanates is 2. The highest BCUT2D eigenvalue weighted by Crippen LogP contribution is 2.29. The van der Waals surface area contributed by atoms with E-state index in [9.17, 15) is 9.59 Å². The van der Waals surface area contributed by atoms with Crippen LogP contribution in [0.3, 0.4) is 0 Å². The van der Waals surface area contributed by atoms with Gasteiger partial charge in [0.25, 0.3) is 0 Å². The van der Waals surface area contributed by atoms with E-state index in [1.54, 1.807) is 6.92 Å². The second kappa shape index (κ2) is 6.76. The number of hydrogen-bond donors (Lipinski definition) is 0. The molecule has 0 spiro atoms. The first-order chi connectivity index (χ1) is 6.94. The van der Waals surface area contributed by atoms with Crippen LogP contribution >= 0.6 is 23.2 Å². The summed E-state index contributed by atoms with van der Waals surface area (Å²) in [4.78, 5) is 27.5. The Morgan fingerprint density at radius 3 is 2.00 bits per heavy atom. The van der Waals surface area contributed by atoms with E-state index in [4.69, 9.17) is 23.2 Å². The SMILES string of the molecule is CCC(N=C=O)C(CC(C)(Cl)Cl)N=C=O. The zero-order chi connectivity index (χ0) is 11.9. The molecule has 0 aromatic carbocycles. The first kappa shape index (κ1) is 14.3. The molecule has 0 rings (SSSR count). The minimum atomic E-state index is -1.02. The van der Waals surface area contributed by atoms with Crippen molar-refractivity contribution in [3.05, 3.63) is 0 Å². The van der Waals surface area contributed by atoms with Gasteiger partial charge in [-0.05, 0) is 13.3 Å². The lowest BCUT2D eigenvalue weighted by atomic mass is 10.0. The van der Waals surface area contributed by atoms with Crippen molar-refractivity contribution in [3.63, 3.8) is 0 Å². The third-order valence-electron chi connectivity index (χ3n) is 1.87. The molecular formula is C9H12Cl2N2O2. The average molecular weight is 251 g/mol. The van der Waals surface area contributed by atoms with Crippen LogP contribution in [0.2, 0.25) is 0 Å². The number of rotatable bonds is 6.